The molecule has 0 amide bonds. The lowest BCUT2D eigenvalue weighted by atomic mass is 10.2. The summed E-state index contributed by atoms with van der Waals surface area (Å²) >= 11 is 0. The summed E-state index contributed by atoms with van der Waals surface area (Å²) in [4.78, 5) is 4.96. The van der Waals surface area contributed by atoms with E-state index < -0.39 is 9.76 Å². The number of rotatable bonds is 3. The SMILES string of the molecule is C=C[SiH2]OOC(C)(C)C. The first kappa shape index (κ1) is 8.88. The van der Waals surface area contributed by atoms with Crippen LogP contribution in [0, 0.1) is 0 Å². The van der Waals surface area contributed by atoms with Crippen molar-refractivity contribution in [3.63, 3.8) is 0 Å². The molecule has 3 heteroatoms. The van der Waals surface area contributed by atoms with Crippen molar-refractivity contribution in [3.05, 3.63) is 12.3 Å². The van der Waals surface area contributed by atoms with Gasteiger partial charge in [0.05, 0.1) is 5.60 Å². The molecule has 9 heavy (non-hydrogen) atoms. The van der Waals surface area contributed by atoms with Crippen LogP contribution in [0.1, 0.15) is 20.8 Å². The molecule has 2 nitrogen and oxygen atoms in total. The lowest BCUT2D eigenvalue weighted by Crippen LogP contribution is -2.20. The van der Waals surface area contributed by atoms with Crippen LogP contribution in [0.15, 0.2) is 12.3 Å². The summed E-state index contributed by atoms with van der Waals surface area (Å²) in [6.45, 7) is 9.38. The molecule has 0 aliphatic heterocycles. The van der Waals surface area contributed by atoms with E-state index in [1.807, 2.05) is 20.8 Å². The van der Waals surface area contributed by atoms with Gasteiger partial charge in [0.2, 0.25) is 9.76 Å². The summed E-state index contributed by atoms with van der Waals surface area (Å²) in [5.74, 6) is 0. The fourth-order valence-electron chi connectivity index (χ4n) is 0.259. The molecule has 0 aromatic carbocycles. The predicted octanol–water partition coefficient (Wildman–Crippen LogP) is 0.960. The lowest BCUT2D eigenvalue weighted by Gasteiger charge is -2.16. The largest absolute Gasteiger partial charge is 0.289 e. The Morgan fingerprint density at radius 2 is 2.00 bits per heavy atom. The van der Waals surface area contributed by atoms with E-state index in [2.05, 4.69) is 6.58 Å². The summed E-state index contributed by atoms with van der Waals surface area (Å²) in [5, 5.41) is 0. The van der Waals surface area contributed by atoms with Gasteiger partial charge in [-0.25, -0.2) is 4.89 Å². The van der Waals surface area contributed by atoms with Gasteiger partial charge < -0.3 is 0 Å². The number of hydrogen-bond acceptors (Lipinski definition) is 2. The highest BCUT2D eigenvalue weighted by Crippen LogP contribution is 2.05. The summed E-state index contributed by atoms with van der Waals surface area (Å²) in [7, 11) is -0.616. The molecule has 0 N–H and O–H groups in total. The van der Waals surface area contributed by atoms with Crippen LogP contribution in [0.25, 0.3) is 0 Å². The lowest BCUT2D eigenvalue weighted by molar-refractivity contribution is -0.275. The molecule has 0 saturated heterocycles. The van der Waals surface area contributed by atoms with E-state index in [1.165, 1.54) is 0 Å². The van der Waals surface area contributed by atoms with E-state index in [4.69, 9.17) is 9.46 Å². The Labute approximate surface area is 58.7 Å². The molecule has 0 rings (SSSR count). The van der Waals surface area contributed by atoms with Crippen molar-refractivity contribution < 1.29 is 9.46 Å². The molecule has 0 fully saturated rings. The van der Waals surface area contributed by atoms with Crippen molar-refractivity contribution in [3.8, 4) is 0 Å². The first-order valence-corrected chi connectivity index (χ1v) is 4.37. The van der Waals surface area contributed by atoms with E-state index in [1.54, 1.807) is 5.70 Å². The maximum absolute atomic E-state index is 4.96. The molecule has 0 atom stereocenters. The summed E-state index contributed by atoms with van der Waals surface area (Å²) < 4.78 is 4.87. The van der Waals surface area contributed by atoms with E-state index in [0.29, 0.717) is 0 Å². The second-order valence-electron chi connectivity index (χ2n) is 2.77. The third-order valence-electron chi connectivity index (χ3n) is 0.495. The summed E-state index contributed by atoms with van der Waals surface area (Å²) in [6, 6.07) is 0. The minimum absolute atomic E-state index is 0.185. The molecule has 0 aliphatic rings. The van der Waals surface area contributed by atoms with Gasteiger partial charge >= 0.3 is 0 Å². The van der Waals surface area contributed by atoms with Gasteiger partial charge in [0.15, 0.2) is 0 Å². The van der Waals surface area contributed by atoms with Crippen LogP contribution < -0.4 is 0 Å². The molecule has 0 saturated carbocycles. The third kappa shape index (κ3) is 7.88. The zero-order valence-corrected chi connectivity index (χ0v) is 7.72. The zero-order valence-electron chi connectivity index (χ0n) is 6.31. The van der Waals surface area contributed by atoms with Gasteiger partial charge in [0.1, 0.15) is 0 Å². The van der Waals surface area contributed by atoms with Crippen molar-refractivity contribution >= 4 is 9.76 Å². The molecule has 0 spiro atoms. The zero-order chi connectivity index (χ0) is 7.33. The molecule has 0 aromatic heterocycles. The summed E-state index contributed by atoms with van der Waals surface area (Å²) in [5.41, 5.74) is 1.60. The van der Waals surface area contributed by atoms with Crippen molar-refractivity contribution in [2.45, 2.75) is 26.4 Å². The molecule has 0 bridgehead atoms. The topological polar surface area (TPSA) is 18.5 Å². The highest BCUT2D eigenvalue weighted by Gasteiger charge is 2.09. The van der Waals surface area contributed by atoms with Crippen molar-refractivity contribution in [1.29, 1.82) is 0 Å². The molecule has 0 radical (unpaired) electrons. The Morgan fingerprint density at radius 1 is 1.44 bits per heavy atom. The Morgan fingerprint density at radius 3 is 2.33 bits per heavy atom. The monoisotopic (exact) mass is 146 g/mol. The average Bonchev–Trinajstić information content (AvgIpc) is 1.63. The van der Waals surface area contributed by atoms with E-state index in [-0.39, 0.29) is 5.60 Å². The van der Waals surface area contributed by atoms with Crippen molar-refractivity contribution in [1.82, 2.24) is 0 Å². The van der Waals surface area contributed by atoms with Crippen LogP contribution >= 0.6 is 0 Å². The first-order chi connectivity index (χ1) is 4.06. The van der Waals surface area contributed by atoms with Gasteiger partial charge in [-0.15, -0.1) is 6.58 Å². The highest BCUT2D eigenvalue weighted by atomic mass is 28.2. The standard InChI is InChI=1S/C6H14O2Si/c1-5-9-8-7-6(2,3)4/h5H,1,9H2,2-4H3. The van der Waals surface area contributed by atoms with E-state index >= 15 is 0 Å². The second kappa shape index (κ2) is 3.82. The molecule has 54 valence electrons. The Kier molecular flexibility index (Phi) is 3.77. The molecule has 0 heterocycles. The normalized spacial score (nSPS) is 12.8. The molecular formula is C6H14O2Si. The Balaban J connectivity index is 3.17. The fourth-order valence-corrected chi connectivity index (χ4v) is 0.777. The van der Waals surface area contributed by atoms with E-state index in [9.17, 15) is 0 Å². The molecule has 0 unspecified atom stereocenters. The van der Waals surface area contributed by atoms with Gasteiger partial charge in [0.25, 0.3) is 0 Å². The van der Waals surface area contributed by atoms with Crippen LogP contribution in [0.4, 0.5) is 0 Å². The van der Waals surface area contributed by atoms with Crippen LogP contribution in [0.3, 0.4) is 0 Å². The van der Waals surface area contributed by atoms with Crippen LogP contribution in [-0.2, 0) is 9.46 Å². The highest BCUT2D eigenvalue weighted by molar-refractivity contribution is 6.33. The molecular weight excluding hydrogens is 132 g/mol. The number of hydrogen-bond donors (Lipinski definition) is 0. The fraction of sp³-hybridized carbons (Fsp3) is 0.667. The minimum Gasteiger partial charge on any atom is -0.289 e. The van der Waals surface area contributed by atoms with Crippen molar-refractivity contribution in [2.75, 3.05) is 0 Å². The Bertz CT molecular complexity index is 85.5. The van der Waals surface area contributed by atoms with Gasteiger partial charge in [-0.1, -0.05) is 5.70 Å². The second-order valence-corrected chi connectivity index (χ2v) is 3.92. The van der Waals surface area contributed by atoms with Crippen LogP contribution in [0.2, 0.25) is 0 Å². The maximum atomic E-state index is 4.96. The smallest absolute Gasteiger partial charge is 0.231 e. The molecule has 0 aliphatic carbocycles. The van der Waals surface area contributed by atoms with Crippen molar-refractivity contribution in [2.24, 2.45) is 0 Å². The van der Waals surface area contributed by atoms with Crippen LogP contribution in [0.5, 0.6) is 0 Å². The Hall–Kier alpha value is -0.123. The van der Waals surface area contributed by atoms with E-state index in [0.717, 1.165) is 0 Å². The predicted molar refractivity (Wildman–Crippen MR) is 40.7 cm³/mol. The first-order valence-electron chi connectivity index (χ1n) is 2.98. The van der Waals surface area contributed by atoms with Gasteiger partial charge in [-0.2, -0.15) is 0 Å². The van der Waals surface area contributed by atoms with Gasteiger partial charge in [0, 0.05) is 0 Å². The maximum Gasteiger partial charge on any atom is 0.231 e. The van der Waals surface area contributed by atoms with Crippen LogP contribution in [-0.4, -0.2) is 15.4 Å². The minimum atomic E-state index is -0.616. The summed E-state index contributed by atoms with van der Waals surface area (Å²) in [6.07, 6.45) is 0. The average molecular weight is 146 g/mol. The quantitative estimate of drug-likeness (QED) is 0.255. The third-order valence-corrected chi connectivity index (χ3v) is 0.984. The molecule has 0 aromatic rings. The van der Waals surface area contributed by atoms with Gasteiger partial charge in [-0.05, 0) is 20.8 Å². The van der Waals surface area contributed by atoms with Gasteiger partial charge in [-0.3, -0.25) is 4.58 Å².